The number of nitrogens with one attached hydrogen (secondary N) is 2. The molecule has 172 valence electrons. The Morgan fingerprint density at radius 3 is 2.68 bits per heavy atom. The molecule has 2 aromatic carbocycles. The van der Waals surface area contributed by atoms with E-state index in [1.54, 1.807) is 42.5 Å². The highest BCUT2D eigenvalue weighted by molar-refractivity contribution is 7.12. The first-order chi connectivity index (χ1) is 16.5. The zero-order chi connectivity index (χ0) is 23.7. The van der Waals surface area contributed by atoms with Crippen LogP contribution in [0.5, 0.6) is 5.75 Å². The van der Waals surface area contributed by atoms with Gasteiger partial charge in [0.1, 0.15) is 11.6 Å². The van der Waals surface area contributed by atoms with Crippen LogP contribution in [0.2, 0.25) is 0 Å². The number of hydrogen-bond donors (Lipinski definition) is 3. The highest BCUT2D eigenvalue weighted by Gasteiger charge is 2.30. The van der Waals surface area contributed by atoms with Gasteiger partial charge >= 0.3 is 6.03 Å². The first-order valence-corrected chi connectivity index (χ1v) is 11.7. The number of aromatic hydroxyl groups is 1. The van der Waals surface area contributed by atoms with Gasteiger partial charge in [0, 0.05) is 29.8 Å². The highest BCUT2D eigenvalue weighted by atomic mass is 32.1. The van der Waals surface area contributed by atoms with Gasteiger partial charge < -0.3 is 15.7 Å². The summed E-state index contributed by atoms with van der Waals surface area (Å²) in [6, 6.07) is 15.7. The third kappa shape index (κ3) is 4.69. The van der Waals surface area contributed by atoms with Gasteiger partial charge in [0.15, 0.2) is 0 Å². The molecule has 7 nitrogen and oxygen atoms in total. The third-order valence-corrected chi connectivity index (χ3v) is 6.40. The molecule has 0 atom stereocenters. The van der Waals surface area contributed by atoms with E-state index in [0.29, 0.717) is 27.4 Å². The van der Waals surface area contributed by atoms with Gasteiger partial charge in [-0.15, -0.1) is 11.3 Å². The standard InChI is InChI=1S/C25H21FN4O3S/c26-17-4-1-3-15(11-17)14-27-25(33)30-21(16-6-7-16)13-20(29-30)19-9-8-18(12-22(19)31)28-24(32)23-5-2-10-34-23/h1-5,8-13,16,31H,6-7,14H2,(H,27,33)(H,28,32). The molecule has 2 heterocycles. The Bertz CT molecular complexity index is 1360. The van der Waals surface area contributed by atoms with Crippen molar-refractivity contribution in [3.63, 3.8) is 0 Å². The molecule has 3 N–H and O–H groups in total. The largest absolute Gasteiger partial charge is 0.507 e. The zero-order valence-corrected chi connectivity index (χ0v) is 18.8. The molecule has 5 rings (SSSR count). The van der Waals surface area contributed by atoms with Crippen LogP contribution in [0.1, 0.15) is 39.7 Å². The normalized spacial score (nSPS) is 13.0. The number of aromatic nitrogens is 2. The fourth-order valence-corrected chi connectivity index (χ4v) is 4.30. The van der Waals surface area contributed by atoms with Crippen LogP contribution in [0.4, 0.5) is 14.9 Å². The van der Waals surface area contributed by atoms with Crippen molar-refractivity contribution in [3.8, 4) is 17.0 Å². The van der Waals surface area contributed by atoms with Crippen LogP contribution >= 0.6 is 11.3 Å². The number of carbonyl (C=O) groups excluding carboxylic acids is 2. The first kappa shape index (κ1) is 21.8. The van der Waals surface area contributed by atoms with Gasteiger partial charge in [0.2, 0.25) is 0 Å². The second kappa shape index (κ2) is 9.11. The van der Waals surface area contributed by atoms with E-state index in [1.807, 2.05) is 5.38 Å². The summed E-state index contributed by atoms with van der Waals surface area (Å²) in [5, 5.41) is 22.4. The maximum Gasteiger partial charge on any atom is 0.342 e. The third-order valence-electron chi connectivity index (χ3n) is 5.53. The molecular formula is C25H21FN4O3S. The van der Waals surface area contributed by atoms with Crippen molar-refractivity contribution in [2.75, 3.05) is 5.32 Å². The maximum absolute atomic E-state index is 13.4. The van der Waals surface area contributed by atoms with Crippen molar-refractivity contribution >= 4 is 29.0 Å². The van der Waals surface area contributed by atoms with Gasteiger partial charge in [-0.1, -0.05) is 18.2 Å². The summed E-state index contributed by atoms with van der Waals surface area (Å²) >= 11 is 1.33. The molecule has 2 aromatic heterocycles. The van der Waals surface area contributed by atoms with Crippen molar-refractivity contribution in [2.24, 2.45) is 0 Å². The molecule has 9 heteroatoms. The van der Waals surface area contributed by atoms with Crippen molar-refractivity contribution in [3.05, 3.63) is 88.0 Å². The lowest BCUT2D eigenvalue weighted by Crippen LogP contribution is -2.30. The van der Waals surface area contributed by atoms with Gasteiger partial charge in [0.05, 0.1) is 16.3 Å². The molecule has 1 aliphatic carbocycles. The summed E-state index contributed by atoms with van der Waals surface area (Å²) in [7, 11) is 0. The van der Waals surface area contributed by atoms with Crippen LogP contribution in [-0.2, 0) is 6.54 Å². The van der Waals surface area contributed by atoms with Gasteiger partial charge in [-0.2, -0.15) is 9.78 Å². The number of phenols is 1. The minimum atomic E-state index is -0.420. The van der Waals surface area contributed by atoms with Gasteiger partial charge in [-0.3, -0.25) is 4.79 Å². The molecule has 4 aromatic rings. The summed E-state index contributed by atoms with van der Waals surface area (Å²) in [5.41, 5.74) is 2.77. The molecule has 1 saturated carbocycles. The number of hydrogen-bond acceptors (Lipinski definition) is 5. The number of halogens is 1. The predicted molar refractivity (Wildman–Crippen MR) is 128 cm³/mol. The SMILES string of the molecule is O=C(Nc1ccc(-c2cc(C3CC3)n(C(=O)NCc3cccc(F)c3)n2)c(O)c1)c1cccs1. The summed E-state index contributed by atoms with van der Waals surface area (Å²) < 4.78 is 14.7. The number of anilines is 1. The Morgan fingerprint density at radius 2 is 1.97 bits per heavy atom. The quantitative estimate of drug-likeness (QED) is 0.350. The molecule has 1 aliphatic rings. The molecule has 0 spiro atoms. The zero-order valence-electron chi connectivity index (χ0n) is 18.0. The van der Waals surface area contributed by atoms with Gasteiger partial charge in [-0.25, -0.2) is 9.18 Å². The summed E-state index contributed by atoms with van der Waals surface area (Å²) in [6.07, 6.45) is 1.92. The number of amides is 2. The Morgan fingerprint density at radius 1 is 1.12 bits per heavy atom. The smallest absolute Gasteiger partial charge is 0.342 e. The van der Waals surface area contributed by atoms with Crippen LogP contribution < -0.4 is 10.6 Å². The fraction of sp³-hybridized carbons (Fsp3) is 0.160. The number of thiophene rings is 1. The topological polar surface area (TPSA) is 96.3 Å². The minimum absolute atomic E-state index is 0.0591. The minimum Gasteiger partial charge on any atom is -0.507 e. The van der Waals surface area contributed by atoms with Gasteiger partial charge in [-0.05, 0) is 60.2 Å². The van der Waals surface area contributed by atoms with Crippen LogP contribution in [-0.4, -0.2) is 26.8 Å². The Kier molecular flexibility index (Phi) is 5.85. The van der Waals surface area contributed by atoms with Gasteiger partial charge in [0.25, 0.3) is 5.91 Å². The van der Waals surface area contributed by atoms with E-state index < -0.39 is 6.03 Å². The Hall–Kier alpha value is -3.98. The maximum atomic E-state index is 13.4. The van der Waals surface area contributed by atoms with Crippen molar-refractivity contribution in [1.29, 1.82) is 0 Å². The lowest BCUT2D eigenvalue weighted by molar-refractivity contribution is 0.103. The van der Waals surface area contributed by atoms with Crippen molar-refractivity contribution in [1.82, 2.24) is 15.1 Å². The van der Waals surface area contributed by atoms with E-state index in [1.165, 1.54) is 34.2 Å². The number of carbonyl (C=O) groups is 2. The van der Waals surface area contributed by atoms with Crippen molar-refractivity contribution in [2.45, 2.75) is 25.3 Å². The summed E-state index contributed by atoms with van der Waals surface area (Å²) in [4.78, 5) is 25.7. The highest BCUT2D eigenvalue weighted by Crippen LogP contribution is 2.42. The molecule has 0 unspecified atom stereocenters. The average Bonchev–Trinajstić information content (AvgIpc) is 3.32. The van der Waals surface area contributed by atoms with Crippen molar-refractivity contribution < 1.29 is 19.1 Å². The molecule has 1 fully saturated rings. The average molecular weight is 477 g/mol. The van der Waals surface area contributed by atoms with Crippen LogP contribution in [0.25, 0.3) is 11.3 Å². The van der Waals surface area contributed by atoms with E-state index in [9.17, 15) is 19.1 Å². The second-order valence-corrected chi connectivity index (χ2v) is 9.04. The second-order valence-electron chi connectivity index (χ2n) is 8.09. The van der Waals surface area contributed by atoms with E-state index >= 15 is 0 Å². The molecular weight excluding hydrogens is 455 g/mol. The Balaban J connectivity index is 1.35. The van der Waals surface area contributed by atoms with E-state index in [-0.39, 0.29) is 29.9 Å². The molecule has 0 radical (unpaired) electrons. The van der Waals surface area contributed by atoms with Crippen LogP contribution in [0, 0.1) is 5.82 Å². The number of rotatable bonds is 6. The number of phenolic OH excluding ortho intramolecular Hbond substituents is 1. The van der Waals surface area contributed by atoms with E-state index in [2.05, 4.69) is 15.7 Å². The number of nitrogens with zero attached hydrogens (tertiary/aromatic N) is 2. The monoisotopic (exact) mass is 476 g/mol. The molecule has 0 bridgehead atoms. The lowest BCUT2D eigenvalue weighted by atomic mass is 10.1. The predicted octanol–water partition coefficient (Wildman–Crippen LogP) is 5.34. The fourth-order valence-electron chi connectivity index (χ4n) is 3.69. The Labute approximate surface area is 198 Å². The summed E-state index contributed by atoms with van der Waals surface area (Å²) in [5.74, 6) is -0.446. The lowest BCUT2D eigenvalue weighted by Gasteiger charge is -2.08. The molecule has 0 aliphatic heterocycles. The molecule has 2 amide bonds. The van der Waals surface area contributed by atoms with Crippen LogP contribution in [0.15, 0.2) is 66.0 Å². The summed E-state index contributed by atoms with van der Waals surface area (Å²) in [6.45, 7) is 0.166. The first-order valence-electron chi connectivity index (χ1n) is 10.8. The van der Waals surface area contributed by atoms with E-state index in [0.717, 1.165) is 18.5 Å². The molecule has 34 heavy (non-hydrogen) atoms. The van der Waals surface area contributed by atoms with Crippen LogP contribution in [0.3, 0.4) is 0 Å². The number of benzene rings is 2. The van der Waals surface area contributed by atoms with E-state index in [4.69, 9.17) is 0 Å². The molecule has 0 saturated heterocycles.